The van der Waals surface area contributed by atoms with E-state index in [1.165, 1.54) is 11.6 Å². The van der Waals surface area contributed by atoms with Crippen molar-refractivity contribution in [3.8, 4) is 0 Å². The average Bonchev–Trinajstić information content (AvgIpc) is 2.47. The third-order valence-corrected chi connectivity index (χ3v) is 3.23. The first-order chi connectivity index (χ1) is 9.86. The van der Waals surface area contributed by atoms with Crippen molar-refractivity contribution >= 4 is 11.6 Å². The molecule has 0 aliphatic rings. The SMILES string of the molecule is CCCn1c(N)c(C(=O)[C@@H](C)NCCO)c(=O)n(C)c1=O. The Bertz CT molecular complexity index is 632. The van der Waals surface area contributed by atoms with Crippen molar-refractivity contribution in [2.75, 3.05) is 18.9 Å². The van der Waals surface area contributed by atoms with Gasteiger partial charge in [0.05, 0.1) is 12.6 Å². The Morgan fingerprint density at radius 1 is 1.43 bits per heavy atom. The largest absolute Gasteiger partial charge is 0.395 e. The fourth-order valence-electron chi connectivity index (χ4n) is 2.04. The summed E-state index contributed by atoms with van der Waals surface area (Å²) in [6.45, 7) is 3.87. The Kier molecular flexibility index (Phi) is 5.86. The lowest BCUT2D eigenvalue weighted by Gasteiger charge is -2.16. The van der Waals surface area contributed by atoms with Gasteiger partial charge in [0, 0.05) is 20.1 Å². The summed E-state index contributed by atoms with van der Waals surface area (Å²) in [5, 5.41) is 11.5. The molecule has 0 radical (unpaired) electrons. The number of hydrogen-bond donors (Lipinski definition) is 3. The zero-order valence-electron chi connectivity index (χ0n) is 12.5. The fraction of sp³-hybridized carbons (Fsp3) is 0.615. The van der Waals surface area contributed by atoms with E-state index in [1.807, 2.05) is 6.92 Å². The molecule has 0 bridgehead atoms. The number of Topliss-reactive ketones (excluding diaryl/α,β-unsaturated/α-hetero) is 1. The summed E-state index contributed by atoms with van der Waals surface area (Å²) in [6, 6.07) is -0.681. The molecule has 0 aliphatic heterocycles. The summed E-state index contributed by atoms with van der Waals surface area (Å²) in [5.41, 5.74) is 4.43. The molecule has 0 aliphatic carbocycles. The second kappa shape index (κ2) is 7.19. The number of nitrogens with two attached hydrogens (primary N) is 1. The minimum Gasteiger partial charge on any atom is -0.395 e. The lowest BCUT2D eigenvalue weighted by molar-refractivity contribution is 0.0946. The number of carbonyl (C=O) groups excluding carboxylic acids is 1. The highest BCUT2D eigenvalue weighted by Gasteiger charge is 2.24. The summed E-state index contributed by atoms with van der Waals surface area (Å²) in [5.74, 6) is -0.598. The second-order valence-corrected chi connectivity index (χ2v) is 4.82. The Hall–Kier alpha value is -1.93. The van der Waals surface area contributed by atoms with Gasteiger partial charge in [-0.25, -0.2) is 4.79 Å². The molecule has 0 amide bonds. The van der Waals surface area contributed by atoms with Crippen LogP contribution in [0.15, 0.2) is 9.59 Å². The molecular weight excluding hydrogens is 276 g/mol. The highest BCUT2D eigenvalue weighted by molar-refractivity contribution is 6.03. The van der Waals surface area contributed by atoms with Crippen LogP contribution < -0.4 is 22.3 Å². The van der Waals surface area contributed by atoms with Crippen LogP contribution in [0.25, 0.3) is 0 Å². The topological polar surface area (TPSA) is 119 Å². The monoisotopic (exact) mass is 298 g/mol. The van der Waals surface area contributed by atoms with Gasteiger partial charge in [-0.05, 0) is 13.3 Å². The van der Waals surface area contributed by atoms with Crippen LogP contribution in [0, 0.1) is 0 Å². The van der Waals surface area contributed by atoms with E-state index in [1.54, 1.807) is 6.92 Å². The minimum absolute atomic E-state index is 0.104. The third kappa shape index (κ3) is 3.40. The molecule has 0 aromatic carbocycles. The number of nitrogens with zero attached hydrogens (tertiary/aromatic N) is 2. The predicted molar refractivity (Wildman–Crippen MR) is 79.5 cm³/mol. The molecule has 0 unspecified atom stereocenters. The van der Waals surface area contributed by atoms with Crippen molar-refractivity contribution in [1.82, 2.24) is 14.5 Å². The van der Waals surface area contributed by atoms with Gasteiger partial charge in [0.15, 0.2) is 5.78 Å². The standard InChI is InChI=1S/C13H22N4O4/c1-4-6-17-11(14)9(12(20)16(3)13(17)21)10(19)8(2)15-5-7-18/h8,15,18H,4-7,14H2,1-3H3/t8-/m1/s1. The Balaban J connectivity index is 3.39. The minimum atomic E-state index is -0.701. The smallest absolute Gasteiger partial charge is 0.332 e. The Labute approximate surface area is 122 Å². The predicted octanol–water partition coefficient (Wildman–Crippen LogP) is -1.31. The van der Waals surface area contributed by atoms with Crippen molar-refractivity contribution in [3.05, 3.63) is 26.4 Å². The van der Waals surface area contributed by atoms with E-state index in [9.17, 15) is 14.4 Å². The number of anilines is 1. The van der Waals surface area contributed by atoms with E-state index >= 15 is 0 Å². The summed E-state index contributed by atoms with van der Waals surface area (Å²) in [7, 11) is 1.32. The summed E-state index contributed by atoms with van der Waals surface area (Å²) in [6.07, 6.45) is 0.647. The maximum atomic E-state index is 12.4. The number of aliphatic hydroxyl groups is 1. The van der Waals surface area contributed by atoms with Gasteiger partial charge in [-0.15, -0.1) is 0 Å². The third-order valence-electron chi connectivity index (χ3n) is 3.23. The molecule has 21 heavy (non-hydrogen) atoms. The zero-order chi connectivity index (χ0) is 16.2. The maximum Gasteiger partial charge on any atom is 0.332 e. The lowest BCUT2D eigenvalue weighted by Crippen LogP contribution is -2.46. The van der Waals surface area contributed by atoms with E-state index in [-0.39, 0.29) is 24.5 Å². The van der Waals surface area contributed by atoms with E-state index in [0.29, 0.717) is 13.0 Å². The van der Waals surface area contributed by atoms with E-state index in [2.05, 4.69) is 5.32 Å². The molecule has 4 N–H and O–H groups in total. The summed E-state index contributed by atoms with van der Waals surface area (Å²) >= 11 is 0. The molecule has 1 aromatic rings. The van der Waals surface area contributed by atoms with Gasteiger partial charge in [-0.1, -0.05) is 6.92 Å². The number of aromatic nitrogens is 2. The van der Waals surface area contributed by atoms with Crippen LogP contribution in [0.4, 0.5) is 5.82 Å². The second-order valence-electron chi connectivity index (χ2n) is 4.82. The zero-order valence-corrected chi connectivity index (χ0v) is 12.5. The molecule has 8 nitrogen and oxygen atoms in total. The Morgan fingerprint density at radius 2 is 2.05 bits per heavy atom. The van der Waals surface area contributed by atoms with Gasteiger partial charge < -0.3 is 16.2 Å². The molecule has 0 saturated heterocycles. The van der Waals surface area contributed by atoms with Crippen molar-refractivity contribution in [3.63, 3.8) is 0 Å². The van der Waals surface area contributed by atoms with Crippen molar-refractivity contribution < 1.29 is 9.90 Å². The lowest BCUT2D eigenvalue weighted by atomic mass is 10.1. The van der Waals surface area contributed by atoms with Crippen molar-refractivity contribution in [1.29, 1.82) is 0 Å². The molecule has 0 spiro atoms. The first-order valence-electron chi connectivity index (χ1n) is 6.84. The molecule has 0 saturated carbocycles. The molecule has 1 heterocycles. The van der Waals surface area contributed by atoms with Gasteiger partial charge in [-0.2, -0.15) is 0 Å². The summed E-state index contributed by atoms with van der Waals surface area (Å²) in [4.78, 5) is 36.5. The molecule has 1 atom stereocenters. The van der Waals surface area contributed by atoms with E-state index in [4.69, 9.17) is 10.8 Å². The first-order valence-corrected chi connectivity index (χ1v) is 6.84. The Morgan fingerprint density at radius 3 is 2.57 bits per heavy atom. The van der Waals surface area contributed by atoms with Gasteiger partial charge >= 0.3 is 5.69 Å². The van der Waals surface area contributed by atoms with Crippen LogP contribution in [0.1, 0.15) is 30.6 Å². The van der Waals surface area contributed by atoms with Gasteiger partial charge in [-0.3, -0.25) is 18.7 Å². The van der Waals surface area contributed by atoms with Gasteiger partial charge in [0.25, 0.3) is 5.56 Å². The van der Waals surface area contributed by atoms with E-state index in [0.717, 1.165) is 4.57 Å². The van der Waals surface area contributed by atoms with Crippen LogP contribution in [-0.4, -0.2) is 39.2 Å². The van der Waals surface area contributed by atoms with Crippen LogP contribution in [0.5, 0.6) is 0 Å². The number of nitrogens with one attached hydrogen (secondary N) is 1. The van der Waals surface area contributed by atoms with Gasteiger partial charge in [0.1, 0.15) is 11.4 Å². The number of ketones is 1. The number of carbonyl (C=O) groups is 1. The van der Waals surface area contributed by atoms with Crippen LogP contribution >= 0.6 is 0 Å². The molecular formula is C13H22N4O4. The highest BCUT2D eigenvalue weighted by Crippen LogP contribution is 2.08. The normalized spacial score (nSPS) is 12.4. The van der Waals surface area contributed by atoms with Crippen LogP contribution in [-0.2, 0) is 13.6 Å². The number of nitrogen functional groups attached to an aromatic ring is 1. The molecule has 1 aromatic heterocycles. The number of aliphatic hydroxyl groups excluding tert-OH is 1. The van der Waals surface area contributed by atoms with Crippen LogP contribution in [0.2, 0.25) is 0 Å². The molecule has 0 fully saturated rings. The average molecular weight is 298 g/mol. The quantitative estimate of drug-likeness (QED) is 0.538. The van der Waals surface area contributed by atoms with Crippen LogP contribution in [0.3, 0.4) is 0 Å². The molecule has 8 heteroatoms. The van der Waals surface area contributed by atoms with Crippen molar-refractivity contribution in [2.45, 2.75) is 32.9 Å². The maximum absolute atomic E-state index is 12.4. The fourth-order valence-corrected chi connectivity index (χ4v) is 2.04. The number of hydrogen-bond acceptors (Lipinski definition) is 6. The number of rotatable bonds is 7. The molecule has 118 valence electrons. The van der Waals surface area contributed by atoms with Gasteiger partial charge in [0.2, 0.25) is 0 Å². The van der Waals surface area contributed by atoms with E-state index < -0.39 is 23.1 Å². The summed E-state index contributed by atoms with van der Waals surface area (Å²) < 4.78 is 2.12. The first kappa shape index (κ1) is 17.1. The highest BCUT2D eigenvalue weighted by atomic mass is 16.3. The van der Waals surface area contributed by atoms with Crippen molar-refractivity contribution in [2.24, 2.45) is 7.05 Å². The molecule has 1 rings (SSSR count).